The highest BCUT2D eigenvalue weighted by Gasteiger charge is 2.38. The predicted molar refractivity (Wildman–Crippen MR) is 323 cm³/mol. The second-order valence-electron chi connectivity index (χ2n) is 22.2. The van der Waals surface area contributed by atoms with Crippen LogP contribution in [0.1, 0.15) is 124 Å². The molecule has 0 aliphatic carbocycles. The largest absolute Gasteiger partial charge is 0.394 e. The first-order valence-electron chi connectivity index (χ1n) is 30.2. The summed E-state index contributed by atoms with van der Waals surface area (Å²) in [5.74, 6) is -10.6. The van der Waals surface area contributed by atoms with E-state index in [1.54, 1.807) is 51.2 Å². The molecule has 87 heavy (non-hydrogen) atoms. The number of aliphatic hydroxyl groups is 3. The van der Waals surface area contributed by atoms with Crippen molar-refractivity contribution < 1.29 is 68.1 Å². The van der Waals surface area contributed by atoms with Gasteiger partial charge in [0.2, 0.25) is 65.0 Å². The first-order valence-corrected chi connectivity index (χ1v) is 30.2. The fourth-order valence-electron chi connectivity index (χ4n) is 9.44. The van der Waals surface area contributed by atoms with Gasteiger partial charge < -0.3 is 102 Å². The zero-order chi connectivity index (χ0) is 65.2. The van der Waals surface area contributed by atoms with E-state index in [-0.39, 0.29) is 70.6 Å². The average Bonchev–Trinajstić information content (AvgIpc) is 3.68. The molecule has 23 N–H and O–H groups in total. The standard InChI is InChI=1S/C57H100N16O14/c1-7-8-9-10-11-15-18-36(62-6)47(77)64-39(21-26-60)52(82)73-46(34(5)76)57(87)71-44(31-74)55(85)68-41-23-28-63-56(86)45(33(4)75)72-51(81)40(22-27-61)66-48(78)37(19-24-58)67-53(83)42(29-32(2)3)69-54(84)43(30-35-16-13-12-14-17-35)70-49(79)38(20-25-59)65-50(41)80/h12-14,16-17,32-34,36-46,62,74-76H,7-11,15,18-31,58-61H2,1-6H3,(H,63,86)(H,64,77)(H,65,80)(H,66,78)(H,67,83)(H,68,85)(H,69,84)(H,70,79)(H,71,87)(H,72,81)(H,73,82)/t33-,34-,36+,37+,38+,39+,40+,41+,42+,43-,44-,45+,46+/m1/s1. The summed E-state index contributed by atoms with van der Waals surface area (Å²) in [7, 11) is 1.61. The van der Waals surface area contributed by atoms with Crippen LogP contribution in [0.2, 0.25) is 0 Å². The third-order valence-electron chi connectivity index (χ3n) is 14.4. The second-order valence-corrected chi connectivity index (χ2v) is 22.2. The molecule has 30 heteroatoms. The van der Waals surface area contributed by atoms with Gasteiger partial charge >= 0.3 is 0 Å². The SMILES string of the molecule is CCCCCCCC[C@H](NC)C(=O)N[C@@H](CCN)C(=O)N[C@H](C(=O)N[C@H](CO)C(=O)N[C@H]1CCNC(=O)[C@H]([C@@H](C)O)NC(=O)[C@H](CCN)NC(=O)[C@H](CCN)NC(=O)[C@H](CC(C)C)NC(=O)[C@@H](Cc2ccccc2)NC(=O)[C@H](CCN)NC1=O)[C@@H](C)O. The highest BCUT2D eigenvalue weighted by molar-refractivity contribution is 5.99. The van der Waals surface area contributed by atoms with Crippen LogP contribution in [0.15, 0.2) is 30.3 Å². The van der Waals surface area contributed by atoms with Crippen LogP contribution in [0, 0.1) is 5.92 Å². The number of carbonyl (C=O) groups is 11. The monoisotopic (exact) mass is 1230 g/mol. The predicted octanol–water partition coefficient (Wildman–Crippen LogP) is -5.87. The van der Waals surface area contributed by atoms with Crippen LogP contribution >= 0.6 is 0 Å². The van der Waals surface area contributed by atoms with Gasteiger partial charge in [-0.25, -0.2) is 0 Å². The summed E-state index contributed by atoms with van der Waals surface area (Å²) in [5, 5.41) is 62.6. The maximum atomic E-state index is 14.5. The zero-order valence-electron chi connectivity index (χ0n) is 51.3. The normalized spacial score (nSPS) is 22.6. The molecule has 1 fully saturated rings. The fraction of sp³-hybridized carbons (Fsp3) is 0.702. The van der Waals surface area contributed by atoms with Gasteiger partial charge in [-0.1, -0.05) is 89.6 Å². The third kappa shape index (κ3) is 27.3. The lowest BCUT2D eigenvalue weighted by atomic mass is 10.00. The van der Waals surface area contributed by atoms with Crippen molar-refractivity contribution >= 4 is 65.0 Å². The molecular formula is C57H100N16O14. The number of hydrogen-bond acceptors (Lipinski definition) is 19. The molecule has 492 valence electrons. The molecule has 0 aromatic heterocycles. The van der Waals surface area contributed by atoms with Crippen LogP contribution in [0.5, 0.6) is 0 Å². The molecule has 0 unspecified atom stereocenters. The first kappa shape index (κ1) is 76.2. The molecule has 2 rings (SSSR count). The molecule has 1 aromatic carbocycles. The number of rotatable bonds is 31. The Kier molecular flexibility index (Phi) is 36.1. The lowest BCUT2D eigenvalue weighted by Gasteiger charge is -2.28. The zero-order valence-corrected chi connectivity index (χ0v) is 51.3. The van der Waals surface area contributed by atoms with Gasteiger partial charge in [0.25, 0.3) is 0 Å². The molecule has 0 saturated carbocycles. The van der Waals surface area contributed by atoms with Gasteiger partial charge in [0, 0.05) is 13.0 Å². The Balaban J connectivity index is 2.63. The van der Waals surface area contributed by atoms with Crippen LogP contribution in [0.25, 0.3) is 0 Å². The highest BCUT2D eigenvalue weighted by Crippen LogP contribution is 2.13. The fourth-order valence-corrected chi connectivity index (χ4v) is 9.44. The van der Waals surface area contributed by atoms with E-state index in [0.717, 1.165) is 45.4 Å². The molecule has 13 atom stereocenters. The van der Waals surface area contributed by atoms with E-state index in [2.05, 4.69) is 70.7 Å². The summed E-state index contributed by atoms with van der Waals surface area (Å²) in [6.07, 6.45) is 1.92. The van der Waals surface area contributed by atoms with Crippen molar-refractivity contribution in [2.24, 2.45) is 28.9 Å². The van der Waals surface area contributed by atoms with Gasteiger partial charge in [-0.05, 0) is 104 Å². The van der Waals surface area contributed by atoms with E-state index in [0.29, 0.717) is 12.0 Å². The first-order chi connectivity index (χ1) is 41.4. The number of aliphatic hydroxyl groups excluding tert-OH is 3. The average molecular weight is 1230 g/mol. The Morgan fingerprint density at radius 3 is 1.57 bits per heavy atom. The third-order valence-corrected chi connectivity index (χ3v) is 14.4. The topological polar surface area (TPSA) is 497 Å². The summed E-state index contributed by atoms with van der Waals surface area (Å²) in [6, 6.07) is -7.65. The van der Waals surface area contributed by atoms with Gasteiger partial charge in [-0.15, -0.1) is 0 Å². The Labute approximate surface area is 509 Å². The molecule has 1 aliphatic rings. The van der Waals surface area contributed by atoms with Gasteiger partial charge in [-0.3, -0.25) is 52.7 Å². The number of benzene rings is 1. The van der Waals surface area contributed by atoms with Crippen molar-refractivity contribution in [2.45, 2.75) is 203 Å². The number of carbonyl (C=O) groups excluding carboxylic acids is 11. The van der Waals surface area contributed by atoms with Gasteiger partial charge in [0.05, 0.1) is 24.9 Å². The minimum Gasteiger partial charge on any atom is -0.394 e. The Morgan fingerprint density at radius 1 is 0.563 bits per heavy atom. The summed E-state index contributed by atoms with van der Waals surface area (Å²) < 4.78 is 0. The summed E-state index contributed by atoms with van der Waals surface area (Å²) in [4.78, 5) is 154. The number of unbranched alkanes of at least 4 members (excludes halogenated alkanes) is 5. The maximum absolute atomic E-state index is 14.5. The number of amides is 11. The summed E-state index contributed by atoms with van der Waals surface area (Å²) >= 11 is 0. The minimum absolute atomic E-state index is 0.0345. The molecule has 0 radical (unpaired) electrons. The number of likely N-dealkylation sites (N-methyl/N-ethyl adjacent to an activating group) is 1. The molecule has 30 nitrogen and oxygen atoms in total. The molecule has 0 spiro atoms. The van der Waals surface area contributed by atoms with E-state index in [1.807, 2.05) is 0 Å². The van der Waals surface area contributed by atoms with Crippen LogP contribution in [0.3, 0.4) is 0 Å². The van der Waals surface area contributed by atoms with E-state index in [9.17, 15) is 68.1 Å². The Hall–Kier alpha value is -6.93. The molecule has 1 heterocycles. The molecule has 1 aromatic rings. The van der Waals surface area contributed by atoms with Crippen molar-refractivity contribution in [2.75, 3.05) is 46.4 Å². The Morgan fingerprint density at radius 2 is 1.06 bits per heavy atom. The molecule has 1 aliphatic heterocycles. The van der Waals surface area contributed by atoms with E-state index < -0.39 is 163 Å². The van der Waals surface area contributed by atoms with Crippen LogP contribution in [-0.4, -0.2) is 205 Å². The smallest absolute Gasteiger partial charge is 0.245 e. The number of nitrogens with two attached hydrogens (primary N) is 4. The molecule has 11 amide bonds. The van der Waals surface area contributed by atoms with Crippen LogP contribution in [0.4, 0.5) is 0 Å². The van der Waals surface area contributed by atoms with Gasteiger partial charge in [0.1, 0.15) is 60.4 Å². The van der Waals surface area contributed by atoms with Crippen LogP contribution in [-0.2, 0) is 59.2 Å². The molecule has 1 saturated heterocycles. The van der Waals surface area contributed by atoms with Gasteiger partial charge in [-0.2, -0.15) is 0 Å². The molecule has 0 bridgehead atoms. The lowest BCUT2D eigenvalue weighted by molar-refractivity contribution is -0.137. The van der Waals surface area contributed by atoms with Crippen molar-refractivity contribution in [3.8, 4) is 0 Å². The van der Waals surface area contributed by atoms with E-state index in [1.165, 1.54) is 6.92 Å². The van der Waals surface area contributed by atoms with E-state index >= 15 is 0 Å². The van der Waals surface area contributed by atoms with Crippen molar-refractivity contribution in [3.63, 3.8) is 0 Å². The summed E-state index contributed by atoms with van der Waals surface area (Å²) in [6.45, 7) is 5.82. The lowest BCUT2D eigenvalue weighted by Crippen LogP contribution is -2.62. The van der Waals surface area contributed by atoms with Crippen LogP contribution < -0.4 is 86.7 Å². The number of nitrogens with one attached hydrogen (secondary N) is 12. The minimum atomic E-state index is -1.90. The van der Waals surface area contributed by atoms with Crippen molar-refractivity contribution in [1.82, 2.24) is 63.8 Å². The second kappa shape index (κ2) is 41.3. The summed E-state index contributed by atoms with van der Waals surface area (Å²) in [5.41, 5.74) is 24.0. The van der Waals surface area contributed by atoms with Crippen molar-refractivity contribution in [1.29, 1.82) is 0 Å². The molecular weight excluding hydrogens is 1130 g/mol. The van der Waals surface area contributed by atoms with Crippen molar-refractivity contribution in [3.05, 3.63) is 35.9 Å². The van der Waals surface area contributed by atoms with Gasteiger partial charge in [0.15, 0.2) is 0 Å². The quantitative estimate of drug-likeness (QED) is 0.0308. The number of hydrogen-bond donors (Lipinski definition) is 19. The highest BCUT2D eigenvalue weighted by atomic mass is 16.3. The maximum Gasteiger partial charge on any atom is 0.245 e. The van der Waals surface area contributed by atoms with E-state index in [4.69, 9.17) is 22.9 Å². The Bertz CT molecular complexity index is 2350.